The van der Waals surface area contributed by atoms with Crippen molar-refractivity contribution < 1.29 is 21.8 Å². The Morgan fingerprint density at radius 3 is 2.17 bits per heavy atom. The van der Waals surface area contributed by atoms with Crippen LogP contribution in [0, 0.1) is 0 Å². The van der Waals surface area contributed by atoms with Crippen LogP contribution in [-0.4, -0.2) is 12.6 Å². The van der Waals surface area contributed by atoms with Crippen LogP contribution in [0.3, 0.4) is 0 Å². The molecule has 0 atom stereocenters. The van der Waals surface area contributed by atoms with Crippen molar-refractivity contribution in [3.05, 3.63) is 60.9 Å². The molecule has 0 N–H and O–H groups in total. The molecule has 0 aliphatic carbocycles. The van der Waals surface area contributed by atoms with E-state index < -0.39 is 0 Å². The molecule has 0 fully saturated rings. The van der Waals surface area contributed by atoms with E-state index in [4.69, 9.17) is 0 Å². The zero-order valence-electron chi connectivity index (χ0n) is 10.2. The van der Waals surface area contributed by atoms with Crippen LogP contribution >= 0.6 is 0 Å². The number of para-hydroxylation sites is 1. The molecule has 1 aromatic heterocycles. The van der Waals surface area contributed by atoms with Gasteiger partial charge in [0.25, 0.3) is 0 Å². The molecule has 0 radical (unpaired) electrons. The standard InChI is InChI=1S/C14H15N2O.ClH/c1-2-16(13-9-5-3-6-10-13)14(17)15-11-7-4-8-12-15;/h3-12H,2H2,1H3;1H/q+1;/p-1. The third-order valence-electron chi connectivity index (χ3n) is 2.55. The largest absolute Gasteiger partial charge is 1.00 e. The SMILES string of the molecule is CCN(C(=O)[n+]1ccccc1)c1ccccc1.[Cl-]. The second-order valence-electron chi connectivity index (χ2n) is 3.65. The number of hydrogen-bond acceptors (Lipinski definition) is 1. The zero-order valence-corrected chi connectivity index (χ0v) is 10.9. The van der Waals surface area contributed by atoms with Crippen LogP contribution in [0.25, 0.3) is 0 Å². The molecule has 18 heavy (non-hydrogen) atoms. The molecule has 3 nitrogen and oxygen atoms in total. The normalized spacial score (nSPS) is 9.39. The average Bonchev–Trinajstić information content (AvgIpc) is 2.42. The highest BCUT2D eigenvalue weighted by atomic mass is 35.5. The molecule has 1 heterocycles. The predicted octanol–water partition coefficient (Wildman–Crippen LogP) is -0.527. The van der Waals surface area contributed by atoms with Gasteiger partial charge in [-0.25, -0.2) is 0 Å². The lowest BCUT2D eigenvalue weighted by atomic mass is 10.3. The van der Waals surface area contributed by atoms with Crippen molar-refractivity contribution in [2.75, 3.05) is 11.4 Å². The van der Waals surface area contributed by atoms with Crippen LogP contribution < -0.4 is 21.9 Å². The van der Waals surface area contributed by atoms with Gasteiger partial charge in [-0.15, -0.1) is 0 Å². The maximum absolute atomic E-state index is 12.3. The topological polar surface area (TPSA) is 24.2 Å². The summed E-state index contributed by atoms with van der Waals surface area (Å²) in [6.07, 6.45) is 3.52. The number of pyridine rings is 1. The van der Waals surface area contributed by atoms with Crippen LogP contribution in [0.1, 0.15) is 6.92 Å². The molecule has 2 aromatic rings. The smallest absolute Gasteiger partial charge is 0.503 e. The number of carbonyl (C=O) groups is 1. The summed E-state index contributed by atoms with van der Waals surface area (Å²) in [5.41, 5.74) is 0.913. The Balaban J connectivity index is 0.00000162. The molecule has 4 heteroatoms. The number of nitrogens with zero attached hydrogens (tertiary/aromatic N) is 2. The molecular weight excluding hydrogens is 248 g/mol. The summed E-state index contributed by atoms with van der Waals surface area (Å²) in [7, 11) is 0. The first-order chi connectivity index (χ1) is 8.33. The number of aromatic nitrogens is 1. The van der Waals surface area contributed by atoms with E-state index in [1.54, 1.807) is 21.9 Å². The monoisotopic (exact) mass is 262 g/mol. The van der Waals surface area contributed by atoms with Crippen LogP contribution in [0.5, 0.6) is 0 Å². The lowest BCUT2D eigenvalue weighted by molar-refractivity contribution is -0.569. The van der Waals surface area contributed by atoms with Crippen LogP contribution in [-0.2, 0) is 0 Å². The Labute approximate surface area is 113 Å². The second kappa shape index (κ2) is 6.77. The number of amides is 1. The molecule has 1 aromatic carbocycles. The van der Waals surface area contributed by atoms with E-state index in [1.165, 1.54) is 0 Å². The Bertz CT molecular complexity index is 488. The van der Waals surface area contributed by atoms with E-state index in [0.29, 0.717) is 6.54 Å². The Kier molecular flexibility index (Phi) is 5.33. The predicted molar refractivity (Wildman–Crippen MR) is 66.9 cm³/mol. The van der Waals surface area contributed by atoms with Gasteiger partial charge >= 0.3 is 6.03 Å². The molecule has 0 aliphatic rings. The van der Waals surface area contributed by atoms with Crippen molar-refractivity contribution in [3.8, 4) is 0 Å². The van der Waals surface area contributed by atoms with Gasteiger partial charge in [0.1, 0.15) is 5.69 Å². The van der Waals surface area contributed by atoms with Gasteiger partial charge in [-0.05, 0) is 31.2 Å². The summed E-state index contributed by atoms with van der Waals surface area (Å²) in [5.74, 6) is 0. The summed E-state index contributed by atoms with van der Waals surface area (Å²) in [4.78, 5) is 14.0. The number of benzene rings is 1. The lowest BCUT2D eigenvalue weighted by Crippen LogP contribution is -3.00. The third-order valence-corrected chi connectivity index (χ3v) is 2.55. The molecule has 0 saturated heterocycles. The fourth-order valence-electron chi connectivity index (χ4n) is 1.70. The molecule has 0 bridgehead atoms. The Hall–Kier alpha value is -1.87. The van der Waals surface area contributed by atoms with Crippen molar-refractivity contribution in [3.63, 3.8) is 0 Å². The van der Waals surface area contributed by atoms with Gasteiger partial charge < -0.3 is 12.4 Å². The molecule has 0 spiro atoms. The fourth-order valence-corrected chi connectivity index (χ4v) is 1.70. The van der Waals surface area contributed by atoms with Crippen molar-refractivity contribution >= 4 is 11.7 Å². The van der Waals surface area contributed by atoms with E-state index in [2.05, 4.69) is 0 Å². The first-order valence-corrected chi connectivity index (χ1v) is 5.66. The summed E-state index contributed by atoms with van der Waals surface area (Å²) in [6, 6.07) is 15.2. The van der Waals surface area contributed by atoms with E-state index in [0.717, 1.165) is 5.69 Å². The van der Waals surface area contributed by atoms with Crippen molar-refractivity contribution in [1.29, 1.82) is 0 Å². The first-order valence-electron chi connectivity index (χ1n) is 5.66. The van der Waals surface area contributed by atoms with E-state index in [-0.39, 0.29) is 18.4 Å². The van der Waals surface area contributed by atoms with Gasteiger partial charge in [0.05, 0.1) is 18.9 Å². The number of halogens is 1. The van der Waals surface area contributed by atoms with Crippen LogP contribution in [0.2, 0.25) is 0 Å². The van der Waals surface area contributed by atoms with E-state index in [9.17, 15) is 4.79 Å². The summed E-state index contributed by atoms with van der Waals surface area (Å²) >= 11 is 0. The Morgan fingerprint density at radius 2 is 1.61 bits per heavy atom. The fraction of sp³-hybridized carbons (Fsp3) is 0.143. The molecule has 1 amide bonds. The highest BCUT2D eigenvalue weighted by Crippen LogP contribution is 2.12. The number of rotatable bonds is 2. The maximum Gasteiger partial charge on any atom is 0.503 e. The summed E-state index contributed by atoms with van der Waals surface area (Å²) < 4.78 is 1.58. The first kappa shape index (κ1) is 14.2. The quantitative estimate of drug-likeness (QED) is 0.668. The average molecular weight is 263 g/mol. The zero-order chi connectivity index (χ0) is 12.1. The van der Waals surface area contributed by atoms with Gasteiger partial charge in [0.15, 0.2) is 0 Å². The van der Waals surface area contributed by atoms with Gasteiger partial charge in [-0.1, -0.05) is 24.3 Å². The molecule has 0 unspecified atom stereocenters. The molecule has 0 saturated carbocycles. The third kappa shape index (κ3) is 3.08. The van der Waals surface area contributed by atoms with Gasteiger partial charge in [-0.2, -0.15) is 14.3 Å². The van der Waals surface area contributed by atoms with Gasteiger partial charge in [0, 0.05) is 0 Å². The highest BCUT2D eigenvalue weighted by Gasteiger charge is 2.24. The second-order valence-corrected chi connectivity index (χ2v) is 3.65. The Morgan fingerprint density at radius 1 is 1.06 bits per heavy atom. The number of hydrogen-bond donors (Lipinski definition) is 0. The summed E-state index contributed by atoms with van der Waals surface area (Å²) in [6.45, 7) is 2.61. The van der Waals surface area contributed by atoms with Crippen molar-refractivity contribution in [2.24, 2.45) is 0 Å². The van der Waals surface area contributed by atoms with Crippen LogP contribution in [0.15, 0.2) is 60.9 Å². The van der Waals surface area contributed by atoms with Gasteiger partial charge in [-0.3, -0.25) is 0 Å². The lowest BCUT2D eigenvalue weighted by Gasteiger charge is -2.12. The maximum atomic E-state index is 12.3. The van der Waals surface area contributed by atoms with Crippen LogP contribution in [0.4, 0.5) is 10.5 Å². The molecule has 0 aliphatic heterocycles. The highest BCUT2D eigenvalue weighted by molar-refractivity contribution is 5.85. The van der Waals surface area contributed by atoms with Gasteiger partial charge in [0.2, 0.25) is 0 Å². The molecule has 2 rings (SSSR count). The molecular formula is C14H15ClN2O. The van der Waals surface area contributed by atoms with E-state index in [1.807, 2.05) is 55.5 Å². The van der Waals surface area contributed by atoms with E-state index >= 15 is 0 Å². The number of anilines is 1. The summed E-state index contributed by atoms with van der Waals surface area (Å²) in [5, 5.41) is 0. The number of carbonyl (C=O) groups excluding carboxylic acids is 1. The minimum Gasteiger partial charge on any atom is -1.00 e. The molecule has 94 valence electrons. The minimum absolute atomic E-state index is 0. The van der Waals surface area contributed by atoms with Crippen molar-refractivity contribution in [2.45, 2.75) is 6.92 Å². The van der Waals surface area contributed by atoms with Crippen molar-refractivity contribution in [1.82, 2.24) is 0 Å². The minimum atomic E-state index is -0.0423.